The molecule has 1 heterocycles. The zero-order valence-electron chi connectivity index (χ0n) is 12.8. The number of benzene rings is 2. The lowest BCUT2D eigenvalue weighted by molar-refractivity contribution is -0.120. The second-order valence-corrected chi connectivity index (χ2v) is 6.42. The molecule has 0 aliphatic rings. The van der Waals surface area contributed by atoms with Crippen LogP contribution in [0.15, 0.2) is 48.7 Å². The average molecular weight is 331 g/mol. The van der Waals surface area contributed by atoms with Crippen LogP contribution in [0.1, 0.15) is 19.4 Å². The highest BCUT2D eigenvalue weighted by atomic mass is 35.5. The van der Waals surface area contributed by atoms with Crippen molar-refractivity contribution in [2.45, 2.75) is 19.3 Å². The SMILES string of the molecule is CC(C)(C(=O)Nc1cccc(F)c1)c1c[nH]c2cc(Cl)ccc12. The maximum Gasteiger partial charge on any atom is 0.234 e. The second kappa shape index (κ2) is 5.70. The van der Waals surface area contributed by atoms with Gasteiger partial charge in [0.05, 0.1) is 5.41 Å². The molecule has 0 spiro atoms. The third-order valence-electron chi connectivity index (χ3n) is 3.97. The molecule has 0 unspecified atom stereocenters. The Morgan fingerprint density at radius 3 is 2.74 bits per heavy atom. The molecule has 0 atom stereocenters. The molecule has 0 aliphatic heterocycles. The Hall–Kier alpha value is -2.33. The number of fused-ring (bicyclic) bond motifs is 1. The van der Waals surface area contributed by atoms with Crippen molar-refractivity contribution in [2.24, 2.45) is 0 Å². The van der Waals surface area contributed by atoms with Gasteiger partial charge in [0.2, 0.25) is 5.91 Å². The third-order valence-corrected chi connectivity index (χ3v) is 4.20. The van der Waals surface area contributed by atoms with Crippen molar-refractivity contribution in [2.75, 3.05) is 5.32 Å². The molecule has 0 aliphatic carbocycles. The number of hydrogen-bond acceptors (Lipinski definition) is 1. The quantitative estimate of drug-likeness (QED) is 0.706. The molecule has 3 rings (SSSR count). The summed E-state index contributed by atoms with van der Waals surface area (Å²) in [5, 5.41) is 4.34. The standard InChI is InChI=1S/C18H16ClFN2O/c1-18(2,17(23)22-13-5-3-4-12(20)9-13)15-10-21-16-8-11(19)6-7-14(15)16/h3-10,21H,1-2H3,(H,22,23). The van der Waals surface area contributed by atoms with Gasteiger partial charge in [-0.3, -0.25) is 4.79 Å². The van der Waals surface area contributed by atoms with Crippen LogP contribution in [0, 0.1) is 5.82 Å². The van der Waals surface area contributed by atoms with Gasteiger partial charge in [-0.25, -0.2) is 4.39 Å². The number of rotatable bonds is 3. The van der Waals surface area contributed by atoms with Crippen LogP contribution in [-0.4, -0.2) is 10.9 Å². The van der Waals surface area contributed by atoms with E-state index >= 15 is 0 Å². The number of hydrogen-bond donors (Lipinski definition) is 2. The number of halogens is 2. The Morgan fingerprint density at radius 1 is 1.22 bits per heavy atom. The van der Waals surface area contributed by atoms with Gasteiger partial charge in [-0.1, -0.05) is 23.7 Å². The van der Waals surface area contributed by atoms with Crippen molar-refractivity contribution in [3.05, 3.63) is 65.1 Å². The number of anilines is 1. The van der Waals surface area contributed by atoms with E-state index in [-0.39, 0.29) is 11.7 Å². The van der Waals surface area contributed by atoms with E-state index in [0.717, 1.165) is 16.5 Å². The van der Waals surface area contributed by atoms with Gasteiger partial charge in [-0.15, -0.1) is 0 Å². The first-order valence-electron chi connectivity index (χ1n) is 7.22. The molecule has 2 aromatic carbocycles. The molecule has 5 heteroatoms. The third kappa shape index (κ3) is 2.94. The minimum Gasteiger partial charge on any atom is -0.361 e. The van der Waals surface area contributed by atoms with Gasteiger partial charge in [0.25, 0.3) is 0 Å². The van der Waals surface area contributed by atoms with Crippen LogP contribution in [0.25, 0.3) is 10.9 Å². The molecule has 0 saturated heterocycles. The highest BCUT2D eigenvalue weighted by Crippen LogP contribution is 2.32. The first kappa shape index (κ1) is 15.6. The van der Waals surface area contributed by atoms with Crippen LogP contribution in [0.4, 0.5) is 10.1 Å². The molecule has 1 amide bonds. The maximum atomic E-state index is 13.3. The largest absolute Gasteiger partial charge is 0.361 e. The van der Waals surface area contributed by atoms with Crippen LogP contribution in [0.2, 0.25) is 5.02 Å². The van der Waals surface area contributed by atoms with Gasteiger partial charge in [0.1, 0.15) is 5.82 Å². The van der Waals surface area contributed by atoms with E-state index in [4.69, 9.17) is 11.6 Å². The molecule has 3 aromatic rings. The van der Waals surface area contributed by atoms with Crippen LogP contribution in [0.3, 0.4) is 0 Å². The summed E-state index contributed by atoms with van der Waals surface area (Å²) in [5.41, 5.74) is 1.38. The number of H-pyrrole nitrogens is 1. The highest BCUT2D eigenvalue weighted by molar-refractivity contribution is 6.31. The lowest BCUT2D eigenvalue weighted by Crippen LogP contribution is -2.34. The molecule has 0 bridgehead atoms. The average Bonchev–Trinajstić information content (AvgIpc) is 2.90. The molecule has 2 N–H and O–H groups in total. The topological polar surface area (TPSA) is 44.9 Å². The second-order valence-electron chi connectivity index (χ2n) is 5.98. The fraction of sp³-hybridized carbons (Fsp3) is 0.167. The summed E-state index contributed by atoms with van der Waals surface area (Å²) in [6, 6.07) is 11.4. The van der Waals surface area contributed by atoms with Crippen LogP contribution < -0.4 is 5.32 Å². The van der Waals surface area contributed by atoms with Crippen molar-refractivity contribution in [3.63, 3.8) is 0 Å². The lowest BCUT2D eigenvalue weighted by atomic mass is 9.83. The Morgan fingerprint density at radius 2 is 2.00 bits per heavy atom. The highest BCUT2D eigenvalue weighted by Gasteiger charge is 2.32. The number of carbonyl (C=O) groups excluding carboxylic acids is 1. The number of nitrogens with one attached hydrogen (secondary N) is 2. The van der Waals surface area contributed by atoms with Crippen LogP contribution in [-0.2, 0) is 10.2 Å². The lowest BCUT2D eigenvalue weighted by Gasteiger charge is -2.23. The summed E-state index contributed by atoms with van der Waals surface area (Å²) in [4.78, 5) is 15.8. The van der Waals surface area contributed by atoms with E-state index in [2.05, 4.69) is 10.3 Å². The molecule has 1 aromatic heterocycles. The number of aromatic amines is 1. The van der Waals surface area contributed by atoms with Crippen molar-refractivity contribution >= 4 is 34.1 Å². The Labute approximate surface area is 138 Å². The molecule has 0 fully saturated rings. The van der Waals surface area contributed by atoms with E-state index in [1.54, 1.807) is 18.2 Å². The minimum atomic E-state index is -0.793. The number of aromatic nitrogens is 1. The van der Waals surface area contributed by atoms with Gasteiger partial charge < -0.3 is 10.3 Å². The first-order chi connectivity index (χ1) is 10.9. The van der Waals surface area contributed by atoms with Crippen molar-refractivity contribution < 1.29 is 9.18 Å². The fourth-order valence-electron chi connectivity index (χ4n) is 2.59. The van der Waals surface area contributed by atoms with E-state index < -0.39 is 5.41 Å². The smallest absolute Gasteiger partial charge is 0.234 e. The zero-order valence-corrected chi connectivity index (χ0v) is 13.5. The van der Waals surface area contributed by atoms with E-state index in [1.807, 2.05) is 32.2 Å². The molecular weight excluding hydrogens is 315 g/mol. The Kier molecular flexibility index (Phi) is 3.86. The normalized spacial score (nSPS) is 11.7. The monoisotopic (exact) mass is 330 g/mol. The summed E-state index contributed by atoms with van der Waals surface area (Å²) in [6.45, 7) is 3.66. The predicted molar refractivity (Wildman–Crippen MR) is 91.4 cm³/mol. The maximum absolute atomic E-state index is 13.3. The predicted octanol–water partition coefficient (Wildman–Crippen LogP) is 4.88. The Bertz CT molecular complexity index is 886. The van der Waals surface area contributed by atoms with Crippen LogP contribution in [0.5, 0.6) is 0 Å². The number of amides is 1. The van der Waals surface area contributed by atoms with E-state index in [1.165, 1.54) is 12.1 Å². The molecule has 3 nitrogen and oxygen atoms in total. The minimum absolute atomic E-state index is 0.209. The van der Waals surface area contributed by atoms with Crippen molar-refractivity contribution in [1.29, 1.82) is 0 Å². The van der Waals surface area contributed by atoms with Crippen molar-refractivity contribution in [3.8, 4) is 0 Å². The van der Waals surface area contributed by atoms with Crippen molar-refractivity contribution in [1.82, 2.24) is 4.98 Å². The Balaban J connectivity index is 1.94. The fourth-order valence-corrected chi connectivity index (χ4v) is 2.76. The summed E-state index contributed by atoms with van der Waals surface area (Å²) >= 11 is 5.99. The van der Waals surface area contributed by atoms with Gasteiger partial charge >= 0.3 is 0 Å². The molecular formula is C18H16ClFN2O. The summed E-state index contributed by atoms with van der Waals surface area (Å²) in [6.07, 6.45) is 1.81. The van der Waals surface area contributed by atoms with E-state index in [0.29, 0.717) is 10.7 Å². The van der Waals surface area contributed by atoms with E-state index in [9.17, 15) is 9.18 Å². The van der Waals surface area contributed by atoms with Gasteiger partial charge in [0.15, 0.2) is 0 Å². The van der Waals surface area contributed by atoms with Gasteiger partial charge in [0, 0.05) is 27.8 Å². The first-order valence-corrected chi connectivity index (χ1v) is 7.60. The molecule has 0 radical (unpaired) electrons. The number of carbonyl (C=O) groups is 1. The van der Waals surface area contributed by atoms with Crippen LogP contribution >= 0.6 is 11.6 Å². The zero-order chi connectivity index (χ0) is 16.6. The molecule has 23 heavy (non-hydrogen) atoms. The van der Waals surface area contributed by atoms with Gasteiger partial charge in [-0.2, -0.15) is 0 Å². The summed E-state index contributed by atoms with van der Waals surface area (Å²) in [5.74, 6) is -0.596. The van der Waals surface area contributed by atoms with Gasteiger partial charge in [-0.05, 0) is 49.7 Å². The summed E-state index contributed by atoms with van der Waals surface area (Å²) < 4.78 is 13.3. The molecule has 0 saturated carbocycles. The molecule has 118 valence electrons. The summed E-state index contributed by atoms with van der Waals surface area (Å²) in [7, 11) is 0.